The van der Waals surface area contributed by atoms with Crippen molar-refractivity contribution < 1.29 is 19.1 Å². The van der Waals surface area contributed by atoms with Crippen LogP contribution >= 0.6 is 0 Å². The first-order valence-electron chi connectivity index (χ1n) is 5.89. The highest BCUT2D eigenvalue weighted by Crippen LogP contribution is 2.20. The van der Waals surface area contributed by atoms with Crippen LogP contribution in [0, 0.1) is 6.92 Å². The van der Waals surface area contributed by atoms with Gasteiger partial charge >= 0.3 is 5.97 Å². The highest BCUT2D eigenvalue weighted by Gasteiger charge is 2.14. The molecule has 20 heavy (non-hydrogen) atoms. The van der Waals surface area contributed by atoms with Gasteiger partial charge in [0.1, 0.15) is 16.9 Å². The number of carboxylic acids is 1. The average Bonchev–Trinajstić information content (AvgIpc) is 2.35. The molecule has 0 spiro atoms. The normalized spacial score (nSPS) is 11.6. The Morgan fingerprint density at radius 2 is 2.00 bits per heavy atom. The molecule has 1 aromatic heterocycles. The molecule has 1 heterocycles. The van der Waals surface area contributed by atoms with Crippen molar-refractivity contribution in [1.82, 2.24) is 0 Å². The quantitative estimate of drug-likeness (QED) is 0.525. The number of fused-ring (bicyclic) bond motifs is 1. The van der Waals surface area contributed by atoms with Crippen LogP contribution in [0.4, 0.5) is 0 Å². The van der Waals surface area contributed by atoms with Gasteiger partial charge < -0.3 is 9.52 Å². The number of carbonyl (C=O) groups excluding carboxylic acids is 1. The number of aliphatic carboxylic acids is 1. The first-order valence-corrected chi connectivity index (χ1v) is 5.89. The molecule has 1 N–H and O–H groups in total. The van der Waals surface area contributed by atoms with Crippen molar-refractivity contribution in [2.75, 3.05) is 0 Å². The molecule has 5 heteroatoms. The number of rotatable bonds is 3. The number of aryl methyl sites for hydroxylation is 1. The number of benzene rings is 1. The fourth-order valence-corrected chi connectivity index (χ4v) is 1.90. The molecule has 0 amide bonds. The molecule has 0 aliphatic rings. The molecule has 5 nitrogen and oxygen atoms in total. The molecule has 0 radical (unpaired) electrons. The van der Waals surface area contributed by atoms with Crippen LogP contribution in [-0.4, -0.2) is 16.9 Å². The summed E-state index contributed by atoms with van der Waals surface area (Å²) in [5, 5.41) is 9.35. The Kier molecular flexibility index (Phi) is 3.52. The Morgan fingerprint density at radius 1 is 1.30 bits per heavy atom. The van der Waals surface area contributed by atoms with Crippen LogP contribution in [0.15, 0.2) is 39.1 Å². The Labute approximate surface area is 114 Å². The maximum Gasteiger partial charge on any atom is 0.339 e. The van der Waals surface area contributed by atoms with Gasteiger partial charge in [0.05, 0.1) is 5.39 Å². The van der Waals surface area contributed by atoms with Gasteiger partial charge in [0.25, 0.3) is 0 Å². The van der Waals surface area contributed by atoms with Gasteiger partial charge in [-0.2, -0.15) is 0 Å². The molecule has 2 rings (SSSR count). The summed E-state index contributed by atoms with van der Waals surface area (Å²) in [4.78, 5) is 34.2. The summed E-state index contributed by atoms with van der Waals surface area (Å²) in [6, 6.07) is 6.15. The molecule has 0 saturated carbocycles. The minimum atomic E-state index is -1.32. The van der Waals surface area contributed by atoms with E-state index in [-0.39, 0.29) is 16.6 Å². The molecule has 0 aliphatic carbocycles. The first kappa shape index (κ1) is 13.7. The van der Waals surface area contributed by atoms with E-state index in [1.807, 2.05) is 0 Å². The Bertz CT molecular complexity index is 780. The van der Waals surface area contributed by atoms with Crippen LogP contribution in [0.1, 0.15) is 18.2 Å². The van der Waals surface area contributed by atoms with Crippen LogP contribution in [-0.2, 0) is 9.59 Å². The summed E-state index contributed by atoms with van der Waals surface area (Å²) < 4.78 is 5.49. The third kappa shape index (κ3) is 2.51. The number of para-hydroxylation sites is 1. The van der Waals surface area contributed by atoms with Gasteiger partial charge in [0.2, 0.25) is 0 Å². The summed E-state index contributed by atoms with van der Waals surface area (Å²) in [6.07, 6.45) is 1.22. The zero-order valence-corrected chi connectivity index (χ0v) is 11.0. The van der Waals surface area contributed by atoms with E-state index in [4.69, 9.17) is 9.52 Å². The van der Waals surface area contributed by atoms with Gasteiger partial charge in [-0.3, -0.25) is 9.59 Å². The fourth-order valence-electron chi connectivity index (χ4n) is 1.90. The Balaban J connectivity index is 2.79. The summed E-state index contributed by atoms with van der Waals surface area (Å²) in [5.41, 5.74) is 0.0914. The molecule has 2 aromatic rings. The zero-order chi connectivity index (χ0) is 14.9. The van der Waals surface area contributed by atoms with E-state index in [1.165, 1.54) is 19.1 Å². The van der Waals surface area contributed by atoms with E-state index in [0.29, 0.717) is 16.7 Å². The second-order valence-corrected chi connectivity index (χ2v) is 4.36. The van der Waals surface area contributed by atoms with Crippen molar-refractivity contribution in [3.05, 3.63) is 51.4 Å². The molecule has 102 valence electrons. The first-order chi connectivity index (χ1) is 9.40. The van der Waals surface area contributed by atoms with Crippen LogP contribution in [0.5, 0.6) is 0 Å². The number of hydrogen-bond donors (Lipinski definition) is 1. The highest BCUT2D eigenvalue weighted by atomic mass is 16.4. The highest BCUT2D eigenvalue weighted by molar-refractivity contribution is 6.19. The Morgan fingerprint density at radius 3 is 2.60 bits per heavy atom. The van der Waals surface area contributed by atoms with Crippen LogP contribution in [0.25, 0.3) is 17.0 Å². The largest absolute Gasteiger partial charge is 0.478 e. The lowest BCUT2D eigenvalue weighted by atomic mass is 10.1. The van der Waals surface area contributed by atoms with Gasteiger partial charge in [0, 0.05) is 11.6 Å². The number of carbonyl (C=O) groups is 2. The summed E-state index contributed by atoms with van der Waals surface area (Å²) >= 11 is 0. The molecular weight excluding hydrogens is 260 g/mol. The fraction of sp³-hybridized carbons (Fsp3) is 0.133. The van der Waals surface area contributed by atoms with Crippen molar-refractivity contribution in [2.24, 2.45) is 0 Å². The minimum absolute atomic E-state index is 0.210. The Hall–Kier alpha value is -2.69. The number of Topliss-reactive ketones (excluding diaryl/α,β-unsaturated/α-hetero) is 1. The molecule has 0 fully saturated rings. The molecule has 0 aliphatic heterocycles. The predicted octanol–water partition coefficient (Wildman–Crippen LogP) is 2.16. The standard InChI is InChI=1S/C15H12O5/c1-8-6-13(17)11-5-3-4-10(14(11)20-8)7-12(9(2)16)15(18)19/h3-7H,1-2H3,(H,18,19). The van der Waals surface area contributed by atoms with Crippen molar-refractivity contribution in [1.29, 1.82) is 0 Å². The summed E-state index contributed by atoms with van der Waals surface area (Å²) in [6.45, 7) is 2.80. The lowest BCUT2D eigenvalue weighted by molar-refractivity contribution is -0.134. The van der Waals surface area contributed by atoms with Crippen molar-refractivity contribution in [3.63, 3.8) is 0 Å². The predicted molar refractivity (Wildman–Crippen MR) is 73.5 cm³/mol. The van der Waals surface area contributed by atoms with Crippen molar-refractivity contribution >= 4 is 28.8 Å². The maximum absolute atomic E-state index is 11.8. The van der Waals surface area contributed by atoms with E-state index >= 15 is 0 Å². The van der Waals surface area contributed by atoms with E-state index in [1.54, 1.807) is 25.1 Å². The van der Waals surface area contributed by atoms with Crippen LogP contribution in [0.2, 0.25) is 0 Å². The number of hydrogen-bond acceptors (Lipinski definition) is 4. The van der Waals surface area contributed by atoms with Gasteiger partial charge in [-0.15, -0.1) is 0 Å². The van der Waals surface area contributed by atoms with E-state index < -0.39 is 11.8 Å². The third-order valence-corrected chi connectivity index (χ3v) is 2.82. The van der Waals surface area contributed by atoms with Crippen molar-refractivity contribution in [2.45, 2.75) is 13.8 Å². The number of carboxylic acid groups (broad SMARTS) is 1. The lowest BCUT2D eigenvalue weighted by Gasteiger charge is -2.03. The number of ketones is 1. The molecule has 0 atom stereocenters. The monoisotopic (exact) mass is 272 g/mol. The van der Waals surface area contributed by atoms with Crippen LogP contribution in [0.3, 0.4) is 0 Å². The van der Waals surface area contributed by atoms with Gasteiger partial charge in [-0.05, 0) is 26.0 Å². The smallest absolute Gasteiger partial charge is 0.339 e. The topological polar surface area (TPSA) is 84.6 Å². The summed E-state index contributed by atoms with van der Waals surface area (Å²) in [7, 11) is 0. The molecule has 0 unspecified atom stereocenters. The summed E-state index contributed by atoms with van der Waals surface area (Å²) in [5.74, 6) is -1.46. The SMILES string of the molecule is CC(=O)C(=Cc1cccc2c(=O)cc(C)oc12)C(=O)O. The third-order valence-electron chi connectivity index (χ3n) is 2.82. The second-order valence-electron chi connectivity index (χ2n) is 4.36. The molecule has 0 saturated heterocycles. The zero-order valence-electron chi connectivity index (χ0n) is 11.0. The van der Waals surface area contributed by atoms with Crippen molar-refractivity contribution in [3.8, 4) is 0 Å². The lowest BCUT2D eigenvalue weighted by Crippen LogP contribution is -2.08. The second kappa shape index (κ2) is 5.13. The molecular formula is C15H12O5. The molecule has 0 bridgehead atoms. The maximum atomic E-state index is 11.8. The molecule has 1 aromatic carbocycles. The van der Waals surface area contributed by atoms with Gasteiger partial charge in [-0.25, -0.2) is 4.79 Å². The van der Waals surface area contributed by atoms with E-state index in [9.17, 15) is 14.4 Å². The van der Waals surface area contributed by atoms with Gasteiger partial charge in [0.15, 0.2) is 11.2 Å². The van der Waals surface area contributed by atoms with Gasteiger partial charge in [-0.1, -0.05) is 12.1 Å². The van der Waals surface area contributed by atoms with E-state index in [0.717, 1.165) is 0 Å². The average molecular weight is 272 g/mol. The minimum Gasteiger partial charge on any atom is -0.478 e. The van der Waals surface area contributed by atoms with Crippen LogP contribution < -0.4 is 5.43 Å². The van der Waals surface area contributed by atoms with E-state index in [2.05, 4.69) is 0 Å².